The Kier molecular flexibility index (Phi) is 6.22. The number of carbonyl (C=O) groups is 1. The zero-order valence-corrected chi connectivity index (χ0v) is 18.2. The SMILES string of the molecule is C[C@@H](C(=O)N1CCc2ccccc2C1)N1CCN(S(=O)(=O)Cc2ccccc2)CC1. The van der Waals surface area contributed by atoms with E-state index in [4.69, 9.17) is 0 Å². The second kappa shape index (κ2) is 8.88. The molecule has 0 bridgehead atoms. The predicted octanol–water partition coefficient (Wildman–Crippen LogP) is 2.11. The Labute approximate surface area is 179 Å². The average Bonchev–Trinajstić information content (AvgIpc) is 2.78. The molecule has 1 saturated heterocycles. The van der Waals surface area contributed by atoms with Crippen molar-refractivity contribution in [3.05, 3.63) is 71.3 Å². The predicted molar refractivity (Wildman–Crippen MR) is 117 cm³/mol. The van der Waals surface area contributed by atoms with E-state index in [2.05, 4.69) is 17.0 Å². The lowest BCUT2D eigenvalue weighted by atomic mass is 9.99. The molecule has 0 N–H and O–H groups in total. The smallest absolute Gasteiger partial charge is 0.239 e. The highest BCUT2D eigenvalue weighted by atomic mass is 32.2. The third-order valence-corrected chi connectivity index (χ3v) is 8.06. The standard InChI is InChI=1S/C23H29N3O3S/c1-19(23(27)25-12-11-21-9-5-6-10-22(21)17-25)24-13-15-26(16-14-24)30(28,29)18-20-7-3-2-4-8-20/h2-10,19H,11-18H2,1H3/t19-/m0/s1. The van der Waals surface area contributed by atoms with E-state index in [9.17, 15) is 13.2 Å². The first-order valence-electron chi connectivity index (χ1n) is 10.6. The molecule has 6 nitrogen and oxygen atoms in total. The molecular formula is C23H29N3O3S. The van der Waals surface area contributed by atoms with Crippen LogP contribution in [0.25, 0.3) is 0 Å². The van der Waals surface area contributed by atoms with Crippen LogP contribution in [0.4, 0.5) is 0 Å². The zero-order chi connectivity index (χ0) is 21.1. The first kappa shape index (κ1) is 21.0. The molecule has 0 spiro atoms. The summed E-state index contributed by atoms with van der Waals surface area (Å²) in [7, 11) is -3.35. The molecule has 1 fully saturated rings. The van der Waals surface area contributed by atoms with Crippen molar-refractivity contribution in [1.82, 2.24) is 14.1 Å². The molecule has 30 heavy (non-hydrogen) atoms. The number of carbonyl (C=O) groups excluding carboxylic acids is 1. The lowest BCUT2D eigenvalue weighted by Crippen LogP contribution is -2.56. The van der Waals surface area contributed by atoms with Crippen molar-refractivity contribution < 1.29 is 13.2 Å². The molecule has 2 aromatic carbocycles. The Bertz CT molecular complexity index is 986. The van der Waals surface area contributed by atoms with Crippen LogP contribution in [0.1, 0.15) is 23.6 Å². The van der Waals surface area contributed by atoms with Gasteiger partial charge in [-0.25, -0.2) is 8.42 Å². The number of fused-ring (bicyclic) bond motifs is 1. The summed E-state index contributed by atoms with van der Waals surface area (Å²) < 4.78 is 27.1. The van der Waals surface area contributed by atoms with Crippen molar-refractivity contribution in [2.75, 3.05) is 32.7 Å². The van der Waals surface area contributed by atoms with E-state index in [0.29, 0.717) is 32.7 Å². The molecule has 0 unspecified atom stereocenters. The van der Waals surface area contributed by atoms with Gasteiger partial charge in [-0.2, -0.15) is 4.31 Å². The minimum absolute atomic E-state index is 0.0233. The Morgan fingerprint density at radius 1 is 0.900 bits per heavy atom. The molecular weight excluding hydrogens is 398 g/mol. The number of benzene rings is 2. The van der Waals surface area contributed by atoms with Crippen molar-refractivity contribution in [3.8, 4) is 0 Å². The molecule has 7 heteroatoms. The van der Waals surface area contributed by atoms with Gasteiger partial charge in [0.1, 0.15) is 0 Å². The van der Waals surface area contributed by atoms with E-state index < -0.39 is 10.0 Å². The summed E-state index contributed by atoms with van der Waals surface area (Å²) in [4.78, 5) is 17.1. The maximum absolute atomic E-state index is 13.1. The van der Waals surface area contributed by atoms with Gasteiger partial charge in [0.25, 0.3) is 0 Å². The van der Waals surface area contributed by atoms with E-state index in [0.717, 1.165) is 18.5 Å². The Morgan fingerprint density at radius 2 is 1.53 bits per heavy atom. The molecule has 2 heterocycles. The highest BCUT2D eigenvalue weighted by molar-refractivity contribution is 7.88. The normalized spacial score (nSPS) is 19.3. The molecule has 0 aliphatic carbocycles. The summed E-state index contributed by atoms with van der Waals surface area (Å²) in [5.74, 6) is 0.153. The summed E-state index contributed by atoms with van der Waals surface area (Å²) in [5.41, 5.74) is 3.35. The fourth-order valence-electron chi connectivity index (χ4n) is 4.35. The first-order valence-corrected chi connectivity index (χ1v) is 12.2. The number of piperazine rings is 1. The molecule has 1 atom stereocenters. The minimum Gasteiger partial charge on any atom is -0.337 e. The second-order valence-electron chi connectivity index (χ2n) is 8.13. The summed E-state index contributed by atoms with van der Waals surface area (Å²) in [5, 5.41) is 0. The van der Waals surface area contributed by atoms with Gasteiger partial charge in [0, 0.05) is 39.3 Å². The molecule has 2 aliphatic heterocycles. The Hall–Kier alpha value is -2.22. The summed E-state index contributed by atoms with van der Waals surface area (Å²) >= 11 is 0. The minimum atomic E-state index is -3.35. The average molecular weight is 428 g/mol. The van der Waals surface area contributed by atoms with Gasteiger partial charge in [0.2, 0.25) is 15.9 Å². The van der Waals surface area contributed by atoms with Gasteiger partial charge in [-0.1, -0.05) is 54.6 Å². The molecule has 0 saturated carbocycles. The van der Waals surface area contributed by atoms with Crippen LogP contribution in [-0.2, 0) is 33.5 Å². The maximum atomic E-state index is 13.1. The van der Waals surface area contributed by atoms with Gasteiger partial charge >= 0.3 is 0 Å². The molecule has 4 rings (SSSR count). The van der Waals surface area contributed by atoms with Crippen LogP contribution in [0.5, 0.6) is 0 Å². The number of sulfonamides is 1. The fourth-order valence-corrected chi connectivity index (χ4v) is 5.87. The quantitative estimate of drug-likeness (QED) is 0.733. The van der Waals surface area contributed by atoms with Crippen molar-refractivity contribution in [2.24, 2.45) is 0 Å². The largest absolute Gasteiger partial charge is 0.337 e. The highest BCUT2D eigenvalue weighted by Gasteiger charge is 2.33. The lowest BCUT2D eigenvalue weighted by Gasteiger charge is -2.39. The third-order valence-electron chi connectivity index (χ3n) is 6.21. The summed E-state index contributed by atoms with van der Waals surface area (Å²) in [6, 6.07) is 17.3. The first-order chi connectivity index (χ1) is 14.4. The molecule has 2 aliphatic rings. The van der Waals surface area contributed by atoms with E-state index >= 15 is 0 Å². The van der Waals surface area contributed by atoms with Crippen LogP contribution >= 0.6 is 0 Å². The Morgan fingerprint density at radius 3 is 2.23 bits per heavy atom. The number of nitrogens with zero attached hydrogens (tertiary/aromatic N) is 3. The number of rotatable bonds is 5. The van der Waals surface area contributed by atoms with E-state index in [1.54, 1.807) is 4.31 Å². The second-order valence-corrected chi connectivity index (χ2v) is 10.1. The van der Waals surface area contributed by atoms with E-state index in [1.807, 2.05) is 54.3 Å². The molecule has 1 amide bonds. The van der Waals surface area contributed by atoms with Crippen LogP contribution in [0, 0.1) is 0 Å². The number of hydrogen-bond acceptors (Lipinski definition) is 4. The van der Waals surface area contributed by atoms with Crippen molar-refractivity contribution in [3.63, 3.8) is 0 Å². The lowest BCUT2D eigenvalue weighted by molar-refractivity contribution is -0.137. The van der Waals surface area contributed by atoms with Gasteiger partial charge in [0.05, 0.1) is 11.8 Å². The Balaban J connectivity index is 1.33. The van der Waals surface area contributed by atoms with Crippen LogP contribution < -0.4 is 0 Å². The van der Waals surface area contributed by atoms with E-state index in [1.165, 1.54) is 11.1 Å². The molecule has 0 aromatic heterocycles. The van der Waals surface area contributed by atoms with Crippen LogP contribution in [0.15, 0.2) is 54.6 Å². The van der Waals surface area contributed by atoms with Gasteiger partial charge in [0.15, 0.2) is 0 Å². The van der Waals surface area contributed by atoms with E-state index in [-0.39, 0.29) is 17.7 Å². The zero-order valence-electron chi connectivity index (χ0n) is 17.4. The van der Waals surface area contributed by atoms with Gasteiger partial charge in [-0.05, 0) is 30.0 Å². The van der Waals surface area contributed by atoms with Crippen LogP contribution in [0.3, 0.4) is 0 Å². The molecule has 160 valence electrons. The van der Waals surface area contributed by atoms with Gasteiger partial charge in [-0.15, -0.1) is 0 Å². The fraction of sp³-hybridized carbons (Fsp3) is 0.435. The molecule has 2 aromatic rings. The van der Waals surface area contributed by atoms with Crippen LogP contribution in [-0.4, -0.2) is 67.2 Å². The van der Waals surface area contributed by atoms with Gasteiger partial charge in [-0.3, -0.25) is 9.69 Å². The van der Waals surface area contributed by atoms with Gasteiger partial charge < -0.3 is 4.90 Å². The summed E-state index contributed by atoms with van der Waals surface area (Å²) in [6.07, 6.45) is 0.889. The summed E-state index contributed by atoms with van der Waals surface area (Å²) in [6.45, 7) is 5.34. The van der Waals surface area contributed by atoms with Crippen molar-refractivity contribution >= 4 is 15.9 Å². The number of hydrogen-bond donors (Lipinski definition) is 0. The number of amides is 1. The maximum Gasteiger partial charge on any atom is 0.239 e. The monoisotopic (exact) mass is 427 g/mol. The highest BCUT2D eigenvalue weighted by Crippen LogP contribution is 2.21. The topological polar surface area (TPSA) is 60.9 Å². The third kappa shape index (κ3) is 4.58. The van der Waals surface area contributed by atoms with Crippen molar-refractivity contribution in [2.45, 2.75) is 31.7 Å². The van der Waals surface area contributed by atoms with Crippen LogP contribution in [0.2, 0.25) is 0 Å². The van der Waals surface area contributed by atoms with Crippen molar-refractivity contribution in [1.29, 1.82) is 0 Å². The molecule has 0 radical (unpaired) electrons.